The third-order valence-corrected chi connectivity index (χ3v) is 2.97. The molecule has 1 aliphatic heterocycles. The van der Waals surface area contributed by atoms with Crippen molar-refractivity contribution < 1.29 is 9.53 Å². The van der Waals surface area contributed by atoms with Crippen LogP contribution in [0.25, 0.3) is 0 Å². The van der Waals surface area contributed by atoms with Gasteiger partial charge in [-0.05, 0) is 18.9 Å². The first-order valence-corrected chi connectivity index (χ1v) is 6.06. The van der Waals surface area contributed by atoms with Crippen LogP contribution in [0.1, 0.15) is 29.6 Å². The molecule has 1 aromatic heterocycles. The summed E-state index contributed by atoms with van der Waals surface area (Å²) in [6.07, 6.45) is 5.08. The number of nitrogen functional groups attached to an aromatic ring is 1. The summed E-state index contributed by atoms with van der Waals surface area (Å²) < 4.78 is 4.67. The fourth-order valence-electron chi connectivity index (χ4n) is 1.98. The molecule has 6 heteroatoms. The number of piperidine rings is 1. The average Bonchev–Trinajstić information content (AvgIpc) is 2.41. The monoisotopic (exact) mass is 250 g/mol. The minimum absolute atomic E-state index is 0.325. The molecule has 2 heterocycles. The van der Waals surface area contributed by atoms with E-state index in [1.54, 1.807) is 6.07 Å². The second-order valence-electron chi connectivity index (χ2n) is 4.31. The fourth-order valence-corrected chi connectivity index (χ4v) is 1.98. The van der Waals surface area contributed by atoms with Gasteiger partial charge in [-0.2, -0.15) is 0 Å². The topological polar surface area (TPSA) is 80.5 Å². The Balaban J connectivity index is 2.11. The first kappa shape index (κ1) is 12.6. The van der Waals surface area contributed by atoms with E-state index in [9.17, 15) is 4.79 Å². The van der Waals surface area contributed by atoms with Crippen molar-refractivity contribution >= 4 is 17.5 Å². The van der Waals surface area contributed by atoms with E-state index in [1.807, 2.05) is 0 Å². The summed E-state index contributed by atoms with van der Waals surface area (Å²) in [6, 6.07) is 1.62. The van der Waals surface area contributed by atoms with Gasteiger partial charge in [0.05, 0.1) is 24.6 Å². The van der Waals surface area contributed by atoms with Crippen molar-refractivity contribution in [1.82, 2.24) is 9.99 Å². The van der Waals surface area contributed by atoms with Crippen LogP contribution in [-0.2, 0) is 4.74 Å². The van der Waals surface area contributed by atoms with E-state index >= 15 is 0 Å². The SMILES string of the molecule is COC(=O)c1cc(NN2CCCCC2)ncc1N. The van der Waals surface area contributed by atoms with E-state index in [1.165, 1.54) is 32.6 Å². The molecular formula is C12H18N4O2. The molecule has 0 aromatic carbocycles. The highest BCUT2D eigenvalue weighted by Crippen LogP contribution is 2.17. The Labute approximate surface area is 106 Å². The molecule has 0 aliphatic carbocycles. The number of esters is 1. The van der Waals surface area contributed by atoms with E-state index in [4.69, 9.17) is 5.73 Å². The molecule has 3 N–H and O–H groups in total. The zero-order valence-electron chi connectivity index (χ0n) is 10.5. The van der Waals surface area contributed by atoms with Crippen LogP contribution in [0.15, 0.2) is 12.3 Å². The maximum absolute atomic E-state index is 11.5. The summed E-state index contributed by atoms with van der Waals surface area (Å²) in [7, 11) is 1.33. The number of carbonyl (C=O) groups excluding carboxylic acids is 1. The smallest absolute Gasteiger partial charge is 0.340 e. The van der Waals surface area contributed by atoms with E-state index in [2.05, 4.69) is 20.2 Å². The highest BCUT2D eigenvalue weighted by Gasteiger charge is 2.14. The molecule has 0 atom stereocenters. The lowest BCUT2D eigenvalue weighted by atomic mass is 10.2. The van der Waals surface area contributed by atoms with Gasteiger partial charge in [-0.3, -0.25) is 0 Å². The van der Waals surface area contributed by atoms with Gasteiger partial charge in [0.15, 0.2) is 0 Å². The van der Waals surface area contributed by atoms with Gasteiger partial charge >= 0.3 is 5.97 Å². The number of carbonyl (C=O) groups is 1. The predicted molar refractivity (Wildman–Crippen MR) is 69.0 cm³/mol. The number of methoxy groups -OCH3 is 1. The highest BCUT2D eigenvalue weighted by atomic mass is 16.5. The fraction of sp³-hybridized carbons (Fsp3) is 0.500. The van der Waals surface area contributed by atoms with Crippen molar-refractivity contribution in [3.63, 3.8) is 0 Å². The van der Waals surface area contributed by atoms with E-state index in [0.717, 1.165) is 13.1 Å². The quantitative estimate of drug-likeness (QED) is 0.786. The molecular weight excluding hydrogens is 232 g/mol. The number of hydrogen-bond donors (Lipinski definition) is 2. The van der Waals surface area contributed by atoms with Crippen LogP contribution in [0.5, 0.6) is 0 Å². The van der Waals surface area contributed by atoms with Gasteiger partial charge in [0.2, 0.25) is 0 Å². The van der Waals surface area contributed by atoms with Gasteiger partial charge in [-0.1, -0.05) is 6.42 Å². The number of pyridine rings is 1. The lowest BCUT2D eigenvalue weighted by molar-refractivity contribution is 0.0602. The van der Waals surface area contributed by atoms with Crippen LogP contribution in [0, 0.1) is 0 Å². The van der Waals surface area contributed by atoms with E-state index in [-0.39, 0.29) is 0 Å². The van der Waals surface area contributed by atoms with Crippen molar-refractivity contribution in [2.24, 2.45) is 0 Å². The van der Waals surface area contributed by atoms with Gasteiger partial charge in [0.1, 0.15) is 5.82 Å². The predicted octanol–water partition coefficient (Wildman–Crippen LogP) is 1.26. The lowest BCUT2D eigenvalue weighted by Crippen LogP contribution is -2.35. The average molecular weight is 250 g/mol. The third kappa shape index (κ3) is 2.89. The maximum atomic E-state index is 11.5. The molecule has 1 fully saturated rings. The first-order valence-electron chi connectivity index (χ1n) is 6.06. The molecule has 1 saturated heterocycles. The summed E-state index contributed by atoms with van der Waals surface area (Å²) in [4.78, 5) is 15.7. The standard InChI is InChI=1S/C12H18N4O2/c1-18-12(17)9-7-11(14-8-10(9)13)15-16-5-3-2-4-6-16/h7-8H,2-6,13H2,1H3,(H,14,15). The van der Waals surface area contributed by atoms with Gasteiger partial charge in [-0.25, -0.2) is 14.8 Å². The van der Waals surface area contributed by atoms with Gasteiger partial charge in [-0.15, -0.1) is 0 Å². The molecule has 2 rings (SSSR count). The Kier molecular flexibility index (Phi) is 3.99. The lowest BCUT2D eigenvalue weighted by Gasteiger charge is -2.27. The second-order valence-corrected chi connectivity index (χ2v) is 4.31. The van der Waals surface area contributed by atoms with Crippen LogP contribution in [0.4, 0.5) is 11.5 Å². The summed E-state index contributed by atoms with van der Waals surface area (Å²) in [5, 5.41) is 2.10. The Bertz CT molecular complexity index is 430. The molecule has 0 spiro atoms. The van der Waals surface area contributed by atoms with Gasteiger partial charge in [0, 0.05) is 13.1 Å². The van der Waals surface area contributed by atoms with Crippen molar-refractivity contribution in [3.8, 4) is 0 Å². The molecule has 0 bridgehead atoms. The van der Waals surface area contributed by atoms with Crippen molar-refractivity contribution in [2.45, 2.75) is 19.3 Å². The molecule has 6 nitrogen and oxygen atoms in total. The summed E-state index contributed by atoms with van der Waals surface area (Å²) in [6.45, 7) is 1.97. The number of rotatable bonds is 3. The Hall–Kier alpha value is -1.82. The zero-order chi connectivity index (χ0) is 13.0. The summed E-state index contributed by atoms with van der Waals surface area (Å²) >= 11 is 0. The molecule has 1 aliphatic rings. The number of nitrogens with zero attached hydrogens (tertiary/aromatic N) is 2. The highest BCUT2D eigenvalue weighted by molar-refractivity contribution is 5.95. The largest absolute Gasteiger partial charge is 0.465 e. The molecule has 0 unspecified atom stereocenters. The minimum atomic E-state index is -0.448. The maximum Gasteiger partial charge on any atom is 0.340 e. The van der Waals surface area contributed by atoms with E-state index < -0.39 is 5.97 Å². The van der Waals surface area contributed by atoms with Crippen molar-refractivity contribution in [2.75, 3.05) is 31.4 Å². The normalized spacial score (nSPS) is 16.3. The first-order chi connectivity index (χ1) is 8.70. The van der Waals surface area contributed by atoms with Gasteiger partial charge < -0.3 is 15.9 Å². The Morgan fingerprint density at radius 1 is 1.44 bits per heavy atom. The summed E-state index contributed by atoms with van der Waals surface area (Å²) in [5.41, 5.74) is 9.55. The number of hydrazine groups is 1. The Morgan fingerprint density at radius 2 is 2.17 bits per heavy atom. The molecule has 18 heavy (non-hydrogen) atoms. The van der Waals surface area contributed by atoms with Crippen LogP contribution in [0.3, 0.4) is 0 Å². The molecule has 0 saturated carbocycles. The molecule has 0 radical (unpaired) electrons. The van der Waals surface area contributed by atoms with E-state index in [0.29, 0.717) is 17.1 Å². The van der Waals surface area contributed by atoms with Crippen LogP contribution >= 0.6 is 0 Å². The molecule has 0 amide bonds. The number of anilines is 2. The van der Waals surface area contributed by atoms with Crippen LogP contribution < -0.4 is 11.2 Å². The Morgan fingerprint density at radius 3 is 2.83 bits per heavy atom. The third-order valence-electron chi connectivity index (χ3n) is 2.97. The van der Waals surface area contributed by atoms with Gasteiger partial charge in [0.25, 0.3) is 0 Å². The second kappa shape index (κ2) is 5.68. The number of aromatic nitrogens is 1. The minimum Gasteiger partial charge on any atom is -0.465 e. The van der Waals surface area contributed by atoms with Crippen LogP contribution in [-0.4, -0.2) is 36.2 Å². The van der Waals surface area contributed by atoms with Crippen LogP contribution in [0.2, 0.25) is 0 Å². The number of nitrogens with two attached hydrogens (primary N) is 1. The van der Waals surface area contributed by atoms with Crippen molar-refractivity contribution in [3.05, 3.63) is 17.8 Å². The summed E-state index contributed by atoms with van der Waals surface area (Å²) in [5.74, 6) is 0.170. The molecule has 98 valence electrons. The number of nitrogens with one attached hydrogen (secondary N) is 1. The number of hydrogen-bond acceptors (Lipinski definition) is 6. The zero-order valence-corrected chi connectivity index (χ0v) is 10.5. The number of ether oxygens (including phenoxy) is 1. The van der Waals surface area contributed by atoms with Crippen molar-refractivity contribution in [1.29, 1.82) is 0 Å². The molecule has 1 aromatic rings.